The van der Waals surface area contributed by atoms with Crippen molar-refractivity contribution in [2.45, 2.75) is 38.7 Å². The van der Waals surface area contributed by atoms with Gasteiger partial charge in [0.05, 0.1) is 6.10 Å². The van der Waals surface area contributed by atoms with Crippen LogP contribution in [0.1, 0.15) is 48.5 Å². The Bertz CT molecular complexity index is 406. The van der Waals surface area contributed by atoms with E-state index in [1.807, 2.05) is 26.0 Å². The lowest BCUT2D eigenvalue weighted by atomic mass is 9.96. The summed E-state index contributed by atoms with van der Waals surface area (Å²) in [5, 5.41) is 9.25. The zero-order chi connectivity index (χ0) is 11.7. The normalized spacial score (nSPS) is 15.2. The molecule has 2 rings (SSSR count). The Morgan fingerprint density at radius 2 is 2.12 bits per heavy atom. The predicted molar refractivity (Wildman–Crippen MR) is 61.1 cm³/mol. The number of carboxylic acid groups (broad SMARTS) is 1. The summed E-state index contributed by atoms with van der Waals surface area (Å²) in [6, 6.07) is 5.46. The number of carbonyl (C=O) groups is 1. The van der Waals surface area contributed by atoms with Crippen molar-refractivity contribution in [2.75, 3.05) is 0 Å². The molecule has 0 spiro atoms. The molecule has 3 heteroatoms. The first-order valence-corrected chi connectivity index (χ1v) is 5.62. The molecular weight excluding hydrogens is 204 g/mol. The van der Waals surface area contributed by atoms with Crippen LogP contribution in [-0.4, -0.2) is 17.2 Å². The van der Waals surface area contributed by atoms with Crippen LogP contribution in [0.2, 0.25) is 0 Å². The number of aromatic carboxylic acids is 1. The summed E-state index contributed by atoms with van der Waals surface area (Å²) in [6.07, 6.45) is 2.29. The molecule has 0 aromatic heterocycles. The van der Waals surface area contributed by atoms with Gasteiger partial charge in [0.25, 0.3) is 0 Å². The molecule has 16 heavy (non-hydrogen) atoms. The predicted octanol–water partition coefficient (Wildman–Crippen LogP) is 3.05. The fourth-order valence-corrected chi connectivity index (χ4v) is 1.72. The van der Waals surface area contributed by atoms with Crippen LogP contribution in [-0.2, 0) is 0 Å². The minimum atomic E-state index is -0.903. The van der Waals surface area contributed by atoms with E-state index in [0.717, 1.165) is 18.4 Å². The number of benzene rings is 1. The summed E-state index contributed by atoms with van der Waals surface area (Å²) in [6.45, 7) is 3.98. The fourth-order valence-electron chi connectivity index (χ4n) is 1.72. The van der Waals surface area contributed by atoms with Crippen LogP contribution in [0, 0.1) is 0 Å². The molecule has 0 saturated heterocycles. The summed E-state index contributed by atoms with van der Waals surface area (Å²) in [5.41, 5.74) is 1.16. The molecule has 1 aliphatic rings. The highest BCUT2D eigenvalue weighted by Crippen LogP contribution is 2.33. The third-order valence-corrected chi connectivity index (χ3v) is 2.71. The van der Waals surface area contributed by atoms with Crippen LogP contribution in [0.5, 0.6) is 5.75 Å². The highest BCUT2D eigenvalue weighted by atomic mass is 16.5. The molecule has 1 N–H and O–H groups in total. The van der Waals surface area contributed by atoms with Gasteiger partial charge in [-0.3, -0.25) is 0 Å². The zero-order valence-corrected chi connectivity index (χ0v) is 9.56. The van der Waals surface area contributed by atoms with E-state index in [4.69, 9.17) is 4.74 Å². The molecule has 3 nitrogen and oxygen atoms in total. The van der Waals surface area contributed by atoms with E-state index in [1.165, 1.54) is 0 Å². The number of carboxylic acids is 1. The summed E-state index contributed by atoms with van der Waals surface area (Å²) in [4.78, 5) is 11.3. The van der Waals surface area contributed by atoms with Gasteiger partial charge >= 0.3 is 5.97 Å². The number of hydrogen-bond donors (Lipinski definition) is 1. The van der Waals surface area contributed by atoms with Crippen LogP contribution in [0.3, 0.4) is 0 Å². The summed E-state index contributed by atoms with van der Waals surface area (Å²) in [5.74, 6) is -0.199. The molecule has 0 bridgehead atoms. The van der Waals surface area contributed by atoms with Crippen LogP contribution >= 0.6 is 0 Å². The molecule has 0 atom stereocenters. The van der Waals surface area contributed by atoms with Gasteiger partial charge in [0.2, 0.25) is 0 Å². The van der Waals surface area contributed by atoms with Crippen LogP contribution in [0.4, 0.5) is 0 Å². The average molecular weight is 220 g/mol. The molecule has 1 aromatic rings. The molecule has 1 aromatic carbocycles. The Kier molecular flexibility index (Phi) is 2.86. The summed E-state index contributed by atoms with van der Waals surface area (Å²) >= 11 is 0. The first kappa shape index (κ1) is 11.0. The lowest BCUT2D eigenvalue weighted by Gasteiger charge is -2.14. The van der Waals surface area contributed by atoms with Crippen LogP contribution in [0.15, 0.2) is 18.2 Å². The van der Waals surface area contributed by atoms with Gasteiger partial charge in [-0.15, -0.1) is 0 Å². The summed E-state index contributed by atoms with van der Waals surface area (Å²) in [7, 11) is 0. The van der Waals surface area contributed by atoms with Crippen molar-refractivity contribution in [1.82, 2.24) is 0 Å². The zero-order valence-electron chi connectivity index (χ0n) is 9.56. The largest absolute Gasteiger partial charge is 0.490 e. The molecular formula is C13H16O3. The van der Waals surface area contributed by atoms with Gasteiger partial charge in [-0.25, -0.2) is 4.79 Å². The van der Waals surface area contributed by atoms with Crippen molar-refractivity contribution in [3.8, 4) is 5.75 Å². The molecule has 0 radical (unpaired) electrons. The maximum Gasteiger partial charge on any atom is 0.339 e. The van der Waals surface area contributed by atoms with Crippen molar-refractivity contribution in [3.05, 3.63) is 29.3 Å². The lowest BCUT2D eigenvalue weighted by molar-refractivity contribution is 0.0690. The standard InChI is InChI=1S/C13H16O3/c1-8(2)10-4-3-5-11(12(10)13(14)15)16-9-6-7-9/h3-5,8-9H,6-7H2,1-2H3,(H,14,15). The Balaban J connectivity index is 2.41. The molecule has 1 aliphatic carbocycles. The quantitative estimate of drug-likeness (QED) is 0.848. The second-order valence-corrected chi connectivity index (χ2v) is 4.50. The molecule has 0 aliphatic heterocycles. The summed E-state index contributed by atoms with van der Waals surface area (Å²) < 4.78 is 5.63. The van der Waals surface area contributed by atoms with E-state index in [1.54, 1.807) is 6.07 Å². The van der Waals surface area contributed by atoms with E-state index < -0.39 is 5.97 Å². The Labute approximate surface area is 95.0 Å². The molecule has 0 heterocycles. The molecule has 1 saturated carbocycles. The Morgan fingerprint density at radius 3 is 2.62 bits per heavy atom. The van der Waals surface area contributed by atoms with E-state index in [9.17, 15) is 9.90 Å². The average Bonchev–Trinajstić information content (AvgIpc) is 3.00. The van der Waals surface area contributed by atoms with Crippen molar-refractivity contribution in [1.29, 1.82) is 0 Å². The monoisotopic (exact) mass is 220 g/mol. The van der Waals surface area contributed by atoms with Gasteiger partial charge in [0.1, 0.15) is 11.3 Å². The topological polar surface area (TPSA) is 46.5 Å². The highest BCUT2D eigenvalue weighted by molar-refractivity contribution is 5.92. The van der Waals surface area contributed by atoms with Gasteiger partial charge in [-0.1, -0.05) is 26.0 Å². The first-order chi connectivity index (χ1) is 7.59. The van der Waals surface area contributed by atoms with Crippen molar-refractivity contribution < 1.29 is 14.6 Å². The van der Waals surface area contributed by atoms with Gasteiger partial charge in [-0.2, -0.15) is 0 Å². The van der Waals surface area contributed by atoms with Crippen molar-refractivity contribution >= 4 is 5.97 Å². The molecule has 0 unspecified atom stereocenters. The molecule has 1 fully saturated rings. The SMILES string of the molecule is CC(C)c1cccc(OC2CC2)c1C(=O)O. The van der Waals surface area contributed by atoms with Gasteiger partial charge in [0, 0.05) is 0 Å². The third-order valence-electron chi connectivity index (χ3n) is 2.71. The second kappa shape index (κ2) is 4.16. The lowest BCUT2D eigenvalue weighted by Crippen LogP contribution is -2.09. The van der Waals surface area contributed by atoms with Crippen LogP contribution < -0.4 is 4.74 Å². The smallest absolute Gasteiger partial charge is 0.339 e. The second-order valence-electron chi connectivity index (χ2n) is 4.50. The van der Waals surface area contributed by atoms with E-state index in [0.29, 0.717) is 11.3 Å². The van der Waals surface area contributed by atoms with E-state index in [2.05, 4.69) is 0 Å². The Morgan fingerprint density at radius 1 is 1.44 bits per heavy atom. The van der Waals surface area contributed by atoms with E-state index in [-0.39, 0.29) is 12.0 Å². The molecule has 0 amide bonds. The number of hydrogen-bond acceptors (Lipinski definition) is 2. The minimum Gasteiger partial charge on any atom is -0.490 e. The first-order valence-electron chi connectivity index (χ1n) is 5.62. The number of ether oxygens (including phenoxy) is 1. The van der Waals surface area contributed by atoms with Crippen molar-refractivity contribution in [3.63, 3.8) is 0 Å². The molecule has 86 valence electrons. The van der Waals surface area contributed by atoms with Crippen LogP contribution in [0.25, 0.3) is 0 Å². The van der Waals surface area contributed by atoms with Gasteiger partial charge < -0.3 is 9.84 Å². The number of rotatable bonds is 4. The fraction of sp³-hybridized carbons (Fsp3) is 0.462. The van der Waals surface area contributed by atoms with Crippen molar-refractivity contribution in [2.24, 2.45) is 0 Å². The van der Waals surface area contributed by atoms with Gasteiger partial charge in [-0.05, 0) is 30.4 Å². The maximum absolute atomic E-state index is 11.3. The van der Waals surface area contributed by atoms with E-state index >= 15 is 0 Å². The minimum absolute atomic E-state index is 0.189. The highest BCUT2D eigenvalue weighted by Gasteiger charge is 2.27. The third kappa shape index (κ3) is 2.18. The maximum atomic E-state index is 11.3. The Hall–Kier alpha value is -1.51. The van der Waals surface area contributed by atoms with Gasteiger partial charge in [0.15, 0.2) is 0 Å².